The van der Waals surface area contributed by atoms with Crippen molar-refractivity contribution >= 4 is 5.97 Å². The maximum absolute atomic E-state index is 12.2. The summed E-state index contributed by atoms with van der Waals surface area (Å²) >= 11 is 0. The monoisotopic (exact) mass is 580 g/mol. The van der Waals surface area contributed by atoms with E-state index in [4.69, 9.17) is 18.9 Å². The lowest BCUT2D eigenvalue weighted by atomic mass is 9.99. The van der Waals surface area contributed by atoms with Crippen molar-refractivity contribution in [2.75, 3.05) is 19.8 Å². The number of unbranched alkanes of at least 4 members (excludes halogenated alkanes) is 12. The van der Waals surface area contributed by atoms with Gasteiger partial charge in [0.15, 0.2) is 6.29 Å². The summed E-state index contributed by atoms with van der Waals surface area (Å²) in [5.74, 6) is -2.76. The highest BCUT2D eigenvalue weighted by Gasteiger charge is 2.58. The number of esters is 1. The highest BCUT2D eigenvalue weighted by Crippen LogP contribution is 2.36. The largest absolute Gasteiger partial charge is 0.463 e. The van der Waals surface area contributed by atoms with E-state index in [1.165, 1.54) is 57.8 Å². The Morgan fingerprint density at radius 2 is 1.27 bits per heavy atom. The second-order valence-corrected chi connectivity index (χ2v) is 11.1. The molecule has 0 aromatic heterocycles. The molecule has 9 unspecified atom stereocenters. The quantitative estimate of drug-likeness (QED) is 0.0785. The van der Waals surface area contributed by atoms with Gasteiger partial charge >= 0.3 is 5.97 Å². The molecule has 7 N–H and O–H groups in total. The number of hydrogen-bond donors (Lipinski definition) is 7. The highest BCUT2D eigenvalue weighted by molar-refractivity contribution is 5.69. The summed E-state index contributed by atoms with van der Waals surface area (Å²) < 4.78 is 21.4. The van der Waals surface area contributed by atoms with Gasteiger partial charge in [0.2, 0.25) is 5.79 Å². The molecule has 0 saturated carbocycles. The average molecular weight is 581 g/mol. The summed E-state index contributed by atoms with van der Waals surface area (Å²) in [4.78, 5) is 12.2. The van der Waals surface area contributed by atoms with Gasteiger partial charge in [0.25, 0.3) is 0 Å². The highest BCUT2D eigenvalue weighted by atomic mass is 16.8. The Morgan fingerprint density at radius 3 is 1.77 bits per heavy atom. The fourth-order valence-electron chi connectivity index (χ4n) is 5.15. The third-order valence-corrected chi connectivity index (χ3v) is 7.78. The first-order valence-corrected chi connectivity index (χ1v) is 15.0. The minimum atomic E-state index is -2.27. The molecule has 2 fully saturated rings. The Kier molecular flexibility index (Phi) is 16.4. The molecule has 2 saturated heterocycles. The second-order valence-electron chi connectivity index (χ2n) is 11.1. The summed E-state index contributed by atoms with van der Waals surface area (Å²) in [6.07, 6.45) is 2.70. The number of carbonyl (C=O) groups is 1. The average Bonchev–Trinajstić information content (AvgIpc) is 3.20. The number of carbonyl (C=O) groups excluding carboxylic acids is 1. The number of aliphatic hydroxyl groups is 7. The number of rotatable bonds is 20. The SMILES string of the molecule is CCCCCCCCCCCCCCCC(=O)OCC1OC(OC2(CO)OC(CO)C(O)C2O)C(O)C(O)C1O. The third-order valence-electron chi connectivity index (χ3n) is 7.78. The van der Waals surface area contributed by atoms with Crippen molar-refractivity contribution in [3.63, 3.8) is 0 Å². The zero-order valence-corrected chi connectivity index (χ0v) is 23.8. The van der Waals surface area contributed by atoms with Gasteiger partial charge in [-0.05, 0) is 6.42 Å². The molecule has 0 aromatic carbocycles. The summed E-state index contributed by atoms with van der Waals surface area (Å²) in [5, 5.41) is 70.4. The first-order chi connectivity index (χ1) is 19.2. The van der Waals surface area contributed by atoms with Gasteiger partial charge in [-0.3, -0.25) is 4.79 Å². The minimum absolute atomic E-state index is 0.194. The predicted molar refractivity (Wildman–Crippen MR) is 143 cm³/mol. The van der Waals surface area contributed by atoms with Crippen LogP contribution in [0.5, 0.6) is 0 Å². The van der Waals surface area contributed by atoms with E-state index in [-0.39, 0.29) is 6.42 Å². The normalized spacial score (nSPS) is 34.3. The van der Waals surface area contributed by atoms with Crippen molar-refractivity contribution in [1.82, 2.24) is 0 Å². The van der Waals surface area contributed by atoms with Crippen molar-refractivity contribution in [3.05, 3.63) is 0 Å². The summed E-state index contributed by atoms with van der Waals surface area (Å²) in [7, 11) is 0. The predicted octanol–water partition coefficient (Wildman–Crippen LogP) is 0.637. The van der Waals surface area contributed by atoms with E-state index in [2.05, 4.69) is 6.92 Å². The molecular weight excluding hydrogens is 528 g/mol. The number of aliphatic hydroxyl groups excluding tert-OH is 7. The maximum Gasteiger partial charge on any atom is 0.305 e. The van der Waals surface area contributed by atoms with E-state index in [1.54, 1.807) is 0 Å². The zero-order valence-electron chi connectivity index (χ0n) is 23.8. The minimum Gasteiger partial charge on any atom is -0.463 e. The van der Waals surface area contributed by atoms with E-state index in [9.17, 15) is 40.5 Å². The molecule has 12 nitrogen and oxygen atoms in total. The molecule has 2 heterocycles. The number of hydrogen-bond acceptors (Lipinski definition) is 12. The van der Waals surface area contributed by atoms with Gasteiger partial charge in [-0.1, -0.05) is 84.0 Å². The van der Waals surface area contributed by atoms with Crippen molar-refractivity contribution in [2.24, 2.45) is 0 Å². The fourth-order valence-corrected chi connectivity index (χ4v) is 5.15. The molecule has 2 rings (SSSR count). The van der Waals surface area contributed by atoms with Gasteiger partial charge in [-0.15, -0.1) is 0 Å². The Balaban J connectivity index is 1.67. The first kappa shape index (κ1) is 35.3. The van der Waals surface area contributed by atoms with Gasteiger partial charge in [-0.2, -0.15) is 0 Å². The van der Waals surface area contributed by atoms with Crippen molar-refractivity contribution in [1.29, 1.82) is 0 Å². The Morgan fingerprint density at radius 1 is 0.725 bits per heavy atom. The van der Waals surface area contributed by atoms with E-state index < -0.39 is 80.6 Å². The molecule has 12 heteroatoms. The number of ether oxygens (including phenoxy) is 4. The lowest BCUT2D eigenvalue weighted by Crippen LogP contribution is -2.62. The molecule has 9 atom stereocenters. The standard InChI is InChI=1S/C28H52O12/c1-2-3-4-5-6-7-8-9-10-11-12-13-14-15-21(31)37-17-20-22(32)24(34)25(35)27(38-20)40-28(18-30)26(36)23(33)19(16-29)39-28/h19-20,22-27,29-30,32-36H,2-18H2,1H3. The molecule has 0 aliphatic carbocycles. The first-order valence-electron chi connectivity index (χ1n) is 15.0. The summed E-state index contributed by atoms with van der Waals surface area (Å²) in [6.45, 7) is 0.131. The van der Waals surface area contributed by atoms with Crippen molar-refractivity contribution in [2.45, 2.75) is 152 Å². The Bertz CT molecular complexity index is 696. The van der Waals surface area contributed by atoms with Crippen molar-refractivity contribution < 1.29 is 59.5 Å². The molecule has 0 aromatic rings. The Hall–Kier alpha value is -0.930. The molecule has 0 bridgehead atoms. The van der Waals surface area contributed by atoms with Crippen LogP contribution in [0.2, 0.25) is 0 Å². The van der Waals surface area contributed by atoms with Gasteiger partial charge in [0.1, 0.15) is 55.9 Å². The van der Waals surface area contributed by atoms with Crippen LogP contribution in [-0.2, 0) is 23.7 Å². The van der Waals surface area contributed by atoms with Crippen LogP contribution >= 0.6 is 0 Å². The summed E-state index contributed by atoms with van der Waals surface area (Å²) in [6, 6.07) is 0. The molecule has 40 heavy (non-hydrogen) atoms. The maximum atomic E-state index is 12.2. The van der Waals surface area contributed by atoms with Crippen LogP contribution in [0.3, 0.4) is 0 Å². The van der Waals surface area contributed by atoms with Gasteiger partial charge < -0.3 is 54.7 Å². The second kappa shape index (κ2) is 18.6. The Labute approximate surface area is 237 Å². The van der Waals surface area contributed by atoms with E-state index in [0.717, 1.165) is 19.3 Å². The van der Waals surface area contributed by atoms with Gasteiger partial charge in [-0.25, -0.2) is 0 Å². The van der Waals surface area contributed by atoms with E-state index in [1.807, 2.05) is 0 Å². The molecule has 0 amide bonds. The molecular formula is C28H52O12. The third kappa shape index (κ3) is 10.4. The van der Waals surface area contributed by atoms with Gasteiger partial charge in [0.05, 0.1) is 6.61 Å². The molecule has 2 aliphatic rings. The van der Waals surface area contributed by atoms with Crippen molar-refractivity contribution in [3.8, 4) is 0 Å². The molecule has 2 aliphatic heterocycles. The smallest absolute Gasteiger partial charge is 0.305 e. The van der Waals surface area contributed by atoms with Crippen LogP contribution in [0, 0.1) is 0 Å². The van der Waals surface area contributed by atoms with E-state index in [0.29, 0.717) is 6.42 Å². The molecule has 0 radical (unpaired) electrons. The topological polar surface area (TPSA) is 196 Å². The zero-order chi connectivity index (χ0) is 29.5. The van der Waals surface area contributed by atoms with Crippen LogP contribution < -0.4 is 0 Å². The van der Waals surface area contributed by atoms with Crippen LogP contribution in [0.25, 0.3) is 0 Å². The molecule has 236 valence electrons. The van der Waals surface area contributed by atoms with Crippen LogP contribution in [0.1, 0.15) is 96.8 Å². The van der Waals surface area contributed by atoms with Crippen LogP contribution in [-0.4, -0.2) is 116 Å². The lowest BCUT2D eigenvalue weighted by Gasteiger charge is -2.43. The summed E-state index contributed by atoms with van der Waals surface area (Å²) in [5.41, 5.74) is 0. The van der Waals surface area contributed by atoms with E-state index >= 15 is 0 Å². The molecule has 0 spiro atoms. The lowest BCUT2D eigenvalue weighted by molar-refractivity contribution is -0.383. The van der Waals surface area contributed by atoms with Crippen LogP contribution in [0.15, 0.2) is 0 Å². The van der Waals surface area contributed by atoms with Gasteiger partial charge in [0, 0.05) is 6.42 Å². The van der Waals surface area contributed by atoms with Crippen LogP contribution in [0.4, 0.5) is 0 Å². The fraction of sp³-hybridized carbons (Fsp3) is 0.964.